The molecule has 0 saturated heterocycles. The zero-order valence-electron chi connectivity index (χ0n) is 10.4. The van der Waals surface area contributed by atoms with E-state index in [0.717, 1.165) is 18.2 Å². The Morgan fingerprint density at radius 3 is 2.47 bits per heavy atom. The molecule has 0 radical (unpaired) electrons. The Morgan fingerprint density at radius 1 is 1.37 bits per heavy atom. The van der Waals surface area contributed by atoms with Crippen molar-refractivity contribution in [1.29, 1.82) is 0 Å². The van der Waals surface area contributed by atoms with Gasteiger partial charge in [0, 0.05) is 5.56 Å². The highest BCUT2D eigenvalue weighted by molar-refractivity contribution is 5.97. The van der Waals surface area contributed by atoms with Crippen LogP contribution in [-0.2, 0) is 4.79 Å². The predicted octanol–water partition coefficient (Wildman–Crippen LogP) is 1.51. The predicted molar refractivity (Wildman–Crippen MR) is 66.2 cm³/mol. The van der Waals surface area contributed by atoms with E-state index in [4.69, 9.17) is 5.73 Å². The highest BCUT2D eigenvalue weighted by Crippen LogP contribution is 2.09. The summed E-state index contributed by atoms with van der Waals surface area (Å²) >= 11 is 0. The molecule has 1 rings (SSSR count). The number of nitrogens with two attached hydrogens (primary N) is 1. The first-order chi connectivity index (χ1) is 8.81. The number of rotatable bonds is 5. The van der Waals surface area contributed by atoms with E-state index < -0.39 is 29.5 Å². The van der Waals surface area contributed by atoms with E-state index >= 15 is 0 Å². The van der Waals surface area contributed by atoms with Gasteiger partial charge in [0.15, 0.2) is 11.6 Å². The fourth-order valence-electron chi connectivity index (χ4n) is 1.45. The van der Waals surface area contributed by atoms with E-state index in [0.29, 0.717) is 5.57 Å². The number of amides is 2. The summed E-state index contributed by atoms with van der Waals surface area (Å²) in [5.41, 5.74) is 5.71. The first-order valence-corrected chi connectivity index (χ1v) is 5.51. The number of hydrogen-bond acceptors (Lipinski definition) is 2. The Morgan fingerprint density at radius 2 is 2.00 bits per heavy atom. The van der Waals surface area contributed by atoms with Crippen LogP contribution in [0.25, 0.3) is 0 Å². The van der Waals surface area contributed by atoms with Crippen LogP contribution in [0.5, 0.6) is 0 Å². The maximum Gasteiger partial charge on any atom is 0.252 e. The van der Waals surface area contributed by atoms with Gasteiger partial charge in [-0.05, 0) is 31.5 Å². The standard InChI is InChI=1S/C13H14F2N2O2/c1-7(2)5-11(12(16)18)17-13(19)8-3-4-9(14)10(15)6-8/h3-4,6,11H,1,5H2,2H3,(H2,16,18)(H,17,19)/t11-/m1/s1. The second-order valence-electron chi connectivity index (χ2n) is 4.22. The Kier molecular flexibility index (Phi) is 4.74. The van der Waals surface area contributed by atoms with Gasteiger partial charge in [-0.25, -0.2) is 8.78 Å². The van der Waals surface area contributed by atoms with Crippen LogP contribution in [0.4, 0.5) is 8.78 Å². The van der Waals surface area contributed by atoms with Crippen LogP contribution in [0.2, 0.25) is 0 Å². The molecule has 0 aliphatic heterocycles. The lowest BCUT2D eigenvalue weighted by atomic mass is 10.1. The summed E-state index contributed by atoms with van der Waals surface area (Å²) in [6.07, 6.45) is 0.185. The average Bonchev–Trinajstić information content (AvgIpc) is 2.31. The molecule has 0 heterocycles. The molecule has 0 fully saturated rings. The molecule has 0 bridgehead atoms. The molecule has 1 aromatic rings. The van der Waals surface area contributed by atoms with E-state index in [1.54, 1.807) is 6.92 Å². The van der Waals surface area contributed by atoms with Gasteiger partial charge in [0.1, 0.15) is 6.04 Å². The third-order valence-electron chi connectivity index (χ3n) is 2.38. The lowest BCUT2D eigenvalue weighted by molar-refractivity contribution is -0.119. The van der Waals surface area contributed by atoms with Crippen molar-refractivity contribution < 1.29 is 18.4 Å². The molecule has 2 amide bonds. The summed E-state index contributed by atoms with van der Waals surface area (Å²) in [6.45, 7) is 5.29. The van der Waals surface area contributed by atoms with Gasteiger partial charge >= 0.3 is 0 Å². The summed E-state index contributed by atoms with van der Waals surface area (Å²) in [7, 11) is 0. The molecule has 0 aromatic heterocycles. The van der Waals surface area contributed by atoms with Gasteiger partial charge in [0.25, 0.3) is 5.91 Å². The second-order valence-corrected chi connectivity index (χ2v) is 4.22. The molecule has 0 unspecified atom stereocenters. The van der Waals surface area contributed by atoms with Gasteiger partial charge in [-0.1, -0.05) is 5.57 Å². The smallest absolute Gasteiger partial charge is 0.252 e. The number of hydrogen-bond donors (Lipinski definition) is 2. The summed E-state index contributed by atoms with van der Waals surface area (Å²) in [5.74, 6) is -3.61. The third-order valence-corrected chi connectivity index (χ3v) is 2.38. The SMILES string of the molecule is C=C(C)C[C@@H](NC(=O)c1ccc(F)c(F)c1)C(N)=O. The van der Waals surface area contributed by atoms with E-state index in [-0.39, 0.29) is 12.0 Å². The minimum Gasteiger partial charge on any atom is -0.368 e. The molecular weight excluding hydrogens is 254 g/mol. The van der Waals surface area contributed by atoms with Crippen LogP contribution in [0.3, 0.4) is 0 Å². The average molecular weight is 268 g/mol. The highest BCUT2D eigenvalue weighted by atomic mass is 19.2. The minimum atomic E-state index is -1.14. The van der Waals surface area contributed by atoms with Crippen molar-refractivity contribution in [1.82, 2.24) is 5.32 Å². The number of carbonyl (C=O) groups is 2. The number of primary amides is 1. The zero-order chi connectivity index (χ0) is 14.6. The number of halogens is 2. The van der Waals surface area contributed by atoms with Crippen molar-refractivity contribution >= 4 is 11.8 Å². The van der Waals surface area contributed by atoms with Gasteiger partial charge < -0.3 is 11.1 Å². The Balaban J connectivity index is 2.84. The molecule has 102 valence electrons. The maximum absolute atomic E-state index is 13.0. The van der Waals surface area contributed by atoms with Crippen LogP contribution >= 0.6 is 0 Å². The summed E-state index contributed by atoms with van der Waals surface area (Å²) in [6, 6.07) is 1.77. The van der Waals surface area contributed by atoms with Gasteiger partial charge in [0.2, 0.25) is 5.91 Å². The highest BCUT2D eigenvalue weighted by Gasteiger charge is 2.19. The quantitative estimate of drug-likeness (QED) is 0.795. The molecule has 4 nitrogen and oxygen atoms in total. The van der Waals surface area contributed by atoms with Crippen LogP contribution < -0.4 is 11.1 Å². The lowest BCUT2D eigenvalue weighted by Gasteiger charge is -2.15. The normalized spacial score (nSPS) is 11.7. The molecule has 6 heteroatoms. The van der Waals surface area contributed by atoms with Crippen molar-refractivity contribution in [2.45, 2.75) is 19.4 Å². The molecule has 0 saturated carbocycles. The number of nitrogens with one attached hydrogen (secondary N) is 1. The Labute approximate surface area is 109 Å². The Bertz CT molecular complexity index is 529. The molecular formula is C13H14F2N2O2. The fraction of sp³-hybridized carbons (Fsp3) is 0.231. The fourth-order valence-corrected chi connectivity index (χ4v) is 1.45. The van der Waals surface area contributed by atoms with Crippen LogP contribution in [0, 0.1) is 11.6 Å². The van der Waals surface area contributed by atoms with E-state index in [2.05, 4.69) is 11.9 Å². The molecule has 0 aliphatic rings. The Hall–Kier alpha value is -2.24. The molecule has 0 spiro atoms. The van der Waals surface area contributed by atoms with E-state index in [9.17, 15) is 18.4 Å². The van der Waals surface area contributed by atoms with Crippen LogP contribution in [-0.4, -0.2) is 17.9 Å². The number of carbonyl (C=O) groups excluding carboxylic acids is 2. The van der Waals surface area contributed by atoms with E-state index in [1.807, 2.05) is 0 Å². The first kappa shape index (κ1) is 14.8. The van der Waals surface area contributed by atoms with Crippen LogP contribution in [0.15, 0.2) is 30.4 Å². The molecule has 19 heavy (non-hydrogen) atoms. The minimum absolute atomic E-state index is 0.0909. The van der Waals surface area contributed by atoms with Crippen molar-refractivity contribution in [2.24, 2.45) is 5.73 Å². The monoisotopic (exact) mass is 268 g/mol. The van der Waals surface area contributed by atoms with Crippen molar-refractivity contribution in [3.8, 4) is 0 Å². The first-order valence-electron chi connectivity index (χ1n) is 5.51. The topological polar surface area (TPSA) is 72.2 Å². The van der Waals surface area contributed by atoms with Crippen molar-refractivity contribution in [2.75, 3.05) is 0 Å². The van der Waals surface area contributed by atoms with Gasteiger partial charge in [0.05, 0.1) is 0 Å². The zero-order valence-corrected chi connectivity index (χ0v) is 10.4. The van der Waals surface area contributed by atoms with Gasteiger partial charge in [-0.3, -0.25) is 9.59 Å². The second kappa shape index (κ2) is 6.08. The lowest BCUT2D eigenvalue weighted by Crippen LogP contribution is -2.44. The molecule has 3 N–H and O–H groups in total. The third kappa shape index (κ3) is 4.17. The van der Waals surface area contributed by atoms with Gasteiger partial charge in [-0.2, -0.15) is 0 Å². The number of benzene rings is 1. The molecule has 1 aromatic carbocycles. The summed E-state index contributed by atoms with van der Waals surface area (Å²) < 4.78 is 25.7. The molecule has 1 atom stereocenters. The van der Waals surface area contributed by atoms with E-state index in [1.165, 1.54) is 0 Å². The van der Waals surface area contributed by atoms with Crippen molar-refractivity contribution in [3.05, 3.63) is 47.5 Å². The molecule has 0 aliphatic carbocycles. The summed E-state index contributed by atoms with van der Waals surface area (Å²) in [4.78, 5) is 22.9. The largest absolute Gasteiger partial charge is 0.368 e. The summed E-state index contributed by atoms with van der Waals surface area (Å²) in [5, 5.41) is 2.35. The van der Waals surface area contributed by atoms with Gasteiger partial charge in [-0.15, -0.1) is 6.58 Å². The van der Waals surface area contributed by atoms with Crippen LogP contribution in [0.1, 0.15) is 23.7 Å². The van der Waals surface area contributed by atoms with Crippen molar-refractivity contribution in [3.63, 3.8) is 0 Å². The maximum atomic E-state index is 13.0.